The Morgan fingerprint density at radius 2 is 1.86 bits per heavy atom. The maximum Gasteiger partial charge on any atom is 0.0137 e. The van der Waals surface area contributed by atoms with Crippen LogP contribution in [-0.4, -0.2) is 12.6 Å². The van der Waals surface area contributed by atoms with Crippen LogP contribution in [0.2, 0.25) is 0 Å². The summed E-state index contributed by atoms with van der Waals surface area (Å²) in [5.74, 6) is 0.919. The van der Waals surface area contributed by atoms with Gasteiger partial charge in [-0.25, -0.2) is 0 Å². The second kappa shape index (κ2) is 7.05. The number of rotatable bonds is 4. The van der Waals surface area contributed by atoms with Gasteiger partial charge in [0, 0.05) is 12.6 Å². The van der Waals surface area contributed by atoms with Gasteiger partial charge in [-0.15, -0.1) is 0 Å². The highest BCUT2D eigenvalue weighted by Gasteiger charge is 2.17. The molecule has 1 heteroatoms. The van der Waals surface area contributed by atoms with Crippen molar-refractivity contribution in [1.82, 2.24) is 5.32 Å². The highest BCUT2D eigenvalue weighted by atomic mass is 14.9. The molecule has 82 valence electrons. The van der Waals surface area contributed by atoms with Crippen LogP contribution in [0.25, 0.3) is 0 Å². The van der Waals surface area contributed by atoms with E-state index in [1.54, 1.807) is 0 Å². The van der Waals surface area contributed by atoms with Crippen LogP contribution in [0.5, 0.6) is 0 Å². The van der Waals surface area contributed by atoms with E-state index in [-0.39, 0.29) is 0 Å². The van der Waals surface area contributed by atoms with Crippen molar-refractivity contribution in [3.05, 3.63) is 12.2 Å². The SMILES string of the molecule is C/C=C/CN[C@H](C)C1CCCCCC1. The van der Waals surface area contributed by atoms with E-state index in [0.29, 0.717) is 6.04 Å². The van der Waals surface area contributed by atoms with E-state index in [0.717, 1.165) is 12.5 Å². The molecule has 14 heavy (non-hydrogen) atoms. The Labute approximate surface area is 89.0 Å². The van der Waals surface area contributed by atoms with Crippen LogP contribution in [-0.2, 0) is 0 Å². The van der Waals surface area contributed by atoms with Crippen molar-refractivity contribution in [1.29, 1.82) is 0 Å². The maximum absolute atomic E-state index is 3.59. The zero-order chi connectivity index (χ0) is 10.2. The Bertz CT molecular complexity index is 155. The largest absolute Gasteiger partial charge is 0.311 e. The molecule has 0 amide bonds. The Morgan fingerprint density at radius 1 is 1.21 bits per heavy atom. The highest BCUT2D eigenvalue weighted by molar-refractivity contribution is 4.83. The lowest BCUT2D eigenvalue weighted by molar-refractivity contribution is 0.347. The Morgan fingerprint density at radius 3 is 2.43 bits per heavy atom. The summed E-state index contributed by atoms with van der Waals surface area (Å²) in [5, 5.41) is 3.59. The minimum absolute atomic E-state index is 0.698. The van der Waals surface area contributed by atoms with Crippen molar-refractivity contribution < 1.29 is 0 Å². The molecule has 0 aromatic heterocycles. The molecule has 0 radical (unpaired) electrons. The average molecular weight is 195 g/mol. The van der Waals surface area contributed by atoms with Gasteiger partial charge in [0.2, 0.25) is 0 Å². The third-order valence-corrected chi connectivity index (χ3v) is 3.40. The molecule has 0 bridgehead atoms. The fraction of sp³-hybridized carbons (Fsp3) is 0.846. The second-order valence-corrected chi connectivity index (χ2v) is 4.52. The third-order valence-electron chi connectivity index (χ3n) is 3.40. The smallest absolute Gasteiger partial charge is 0.0137 e. The molecule has 0 heterocycles. The number of hydrogen-bond donors (Lipinski definition) is 1. The molecule has 1 aliphatic carbocycles. The fourth-order valence-electron chi connectivity index (χ4n) is 2.35. The Kier molecular flexibility index (Phi) is 5.93. The summed E-state index contributed by atoms with van der Waals surface area (Å²) in [6.45, 7) is 5.46. The molecule has 1 aliphatic rings. The van der Waals surface area contributed by atoms with Gasteiger partial charge in [-0.1, -0.05) is 37.8 Å². The lowest BCUT2D eigenvalue weighted by atomic mass is 9.93. The van der Waals surface area contributed by atoms with Crippen molar-refractivity contribution >= 4 is 0 Å². The molecule has 0 saturated heterocycles. The molecule has 1 saturated carbocycles. The minimum Gasteiger partial charge on any atom is -0.311 e. The molecule has 1 N–H and O–H groups in total. The molecule has 0 aliphatic heterocycles. The topological polar surface area (TPSA) is 12.0 Å². The minimum atomic E-state index is 0.698. The van der Waals surface area contributed by atoms with Crippen molar-refractivity contribution in [2.75, 3.05) is 6.54 Å². The lowest BCUT2D eigenvalue weighted by Crippen LogP contribution is -2.33. The fourth-order valence-corrected chi connectivity index (χ4v) is 2.35. The molecule has 0 aromatic rings. The first-order chi connectivity index (χ1) is 6.84. The van der Waals surface area contributed by atoms with Crippen molar-refractivity contribution in [3.8, 4) is 0 Å². The van der Waals surface area contributed by atoms with E-state index in [1.165, 1.54) is 38.5 Å². The van der Waals surface area contributed by atoms with E-state index < -0.39 is 0 Å². The van der Waals surface area contributed by atoms with E-state index >= 15 is 0 Å². The number of hydrogen-bond acceptors (Lipinski definition) is 1. The molecular weight excluding hydrogens is 170 g/mol. The first-order valence-corrected chi connectivity index (χ1v) is 6.19. The Hall–Kier alpha value is -0.300. The third kappa shape index (κ3) is 4.28. The number of nitrogens with one attached hydrogen (secondary N) is 1. The van der Waals surface area contributed by atoms with Crippen LogP contribution < -0.4 is 5.32 Å². The van der Waals surface area contributed by atoms with Crippen LogP contribution in [0.1, 0.15) is 52.4 Å². The van der Waals surface area contributed by atoms with Crippen LogP contribution in [0.3, 0.4) is 0 Å². The standard InChI is InChI=1S/C13H25N/c1-3-4-11-14-12(2)13-9-7-5-6-8-10-13/h3-4,12-14H,5-11H2,1-2H3/b4-3+/t12-/m1/s1. The van der Waals surface area contributed by atoms with Crippen LogP contribution >= 0.6 is 0 Å². The maximum atomic E-state index is 3.59. The van der Waals surface area contributed by atoms with Crippen LogP contribution in [0.15, 0.2) is 12.2 Å². The summed E-state index contributed by atoms with van der Waals surface area (Å²) in [4.78, 5) is 0. The van der Waals surface area contributed by atoms with Gasteiger partial charge in [0.1, 0.15) is 0 Å². The summed E-state index contributed by atoms with van der Waals surface area (Å²) in [6, 6.07) is 0.698. The quantitative estimate of drug-likeness (QED) is 0.534. The van der Waals surface area contributed by atoms with E-state index in [1.807, 2.05) is 0 Å². The molecule has 0 aromatic carbocycles. The normalized spacial score (nSPS) is 22.4. The van der Waals surface area contributed by atoms with Gasteiger partial charge in [-0.05, 0) is 32.6 Å². The Balaban J connectivity index is 2.23. The molecule has 1 nitrogen and oxygen atoms in total. The monoisotopic (exact) mass is 195 g/mol. The van der Waals surface area contributed by atoms with Crippen molar-refractivity contribution in [2.45, 2.75) is 58.4 Å². The van der Waals surface area contributed by atoms with E-state index in [4.69, 9.17) is 0 Å². The van der Waals surface area contributed by atoms with Crippen LogP contribution in [0, 0.1) is 5.92 Å². The lowest BCUT2D eigenvalue weighted by Gasteiger charge is -2.23. The molecular formula is C13H25N. The van der Waals surface area contributed by atoms with E-state index in [9.17, 15) is 0 Å². The van der Waals surface area contributed by atoms with Crippen molar-refractivity contribution in [2.24, 2.45) is 5.92 Å². The first kappa shape index (κ1) is 11.8. The predicted molar refractivity (Wildman–Crippen MR) is 63.5 cm³/mol. The second-order valence-electron chi connectivity index (χ2n) is 4.52. The zero-order valence-corrected chi connectivity index (χ0v) is 9.76. The van der Waals surface area contributed by atoms with Gasteiger partial charge in [0.15, 0.2) is 0 Å². The van der Waals surface area contributed by atoms with Crippen LogP contribution in [0.4, 0.5) is 0 Å². The summed E-state index contributed by atoms with van der Waals surface area (Å²) in [6.07, 6.45) is 13.0. The zero-order valence-electron chi connectivity index (χ0n) is 9.76. The molecule has 0 spiro atoms. The van der Waals surface area contributed by atoms with Gasteiger partial charge in [0.05, 0.1) is 0 Å². The van der Waals surface area contributed by atoms with Gasteiger partial charge in [-0.3, -0.25) is 0 Å². The van der Waals surface area contributed by atoms with Gasteiger partial charge in [-0.2, -0.15) is 0 Å². The summed E-state index contributed by atoms with van der Waals surface area (Å²) < 4.78 is 0. The predicted octanol–water partition coefficient (Wildman–Crippen LogP) is 3.51. The summed E-state index contributed by atoms with van der Waals surface area (Å²) in [5.41, 5.74) is 0. The van der Waals surface area contributed by atoms with Gasteiger partial charge in [0.25, 0.3) is 0 Å². The molecule has 1 rings (SSSR count). The van der Waals surface area contributed by atoms with Gasteiger partial charge >= 0.3 is 0 Å². The summed E-state index contributed by atoms with van der Waals surface area (Å²) in [7, 11) is 0. The van der Waals surface area contributed by atoms with Gasteiger partial charge < -0.3 is 5.32 Å². The van der Waals surface area contributed by atoms with Crippen molar-refractivity contribution in [3.63, 3.8) is 0 Å². The first-order valence-electron chi connectivity index (χ1n) is 6.19. The molecule has 1 atom stereocenters. The summed E-state index contributed by atoms with van der Waals surface area (Å²) >= 11 is 0. The molecule has 0 unspecified atom stereocenters. The average Bonchev–Trinajstić information content (AvgIpc) is 2.46. The number of allylic oxidation sites excluding steroid dienone is 1. The van der Waals surface area contributed by atoms with E-state index in [2.05, 4.69) is 31.3 Å². The highest BCUT2D eigenvalue weighted by Crippen LogP contribution is 2.25. The molecule has 1 fully saturated rings.